The minimum Gasteiger partial charge on any atom is -0.368 e. The Labute approximate surface area is 99.1 Å². The van der Waals surface area contributed by atoms with E-state index in [-0.39, 0.29) is 0 Å². The highest BCUT2D eigenvalue weighted by Gasteiger charge is 2.10. The summed E-state index contributed by atoms with van der Waals surface area (Å²) in [5, 5.41) is 2.26. The first-order valence-corrected chi connectivity index (χ1v) is 5.70. The van der Waals surface area contributed by atoms with Crippen LogP contribution in [-0.2, 0) is 13.5 Å². The van der Waals surface area contributed by atoms with E-state index in [0.29, 0.717) is 5.95 Å². The van der Waals surface area contributed by atoms with Crippen molar-refractivity contribution in [1.29, 1.82) is 0 Å². The molecule has 0 unspecified atom stereocenters. The number of aryl methyl sites for hydroxylation is 2. The van der Waals surface area contributed by atoms with Gasteiger partial charge in [-0.3, -0.25) is 0 Å². The monoisotopic (exact) mass is 226 g/mol. The molecule has 2 N–H and O–H groups in total. The molecule has 3 rings (SSSR count). The number of fused-ring (bicyclic) bond motifs is 3. The van der Waals surface area contributed by atoms with Crippen LogP contribution < -0.4 is 5.73 Å². The first-order valence-electron chi connectivity index (χ1n) is 5.70. The van der Waals surface area contributed by atoms with Gasteiger partial charge < -0.3 is 10.3 Å². The van der Waals surface area contributed by atoms with Gasteiger partial charge in [0.25, 0.3) is 0 Å². The molecule has 0 saturated heterocycles. The average molecular weight is 226 g/mol. The number of benzene rings is 1. The number of nitrogen functional groups attached to an aromatic ring is 1. The maximum atomic E-state index is 5.64. The lowest BCUT2D eigenvalue weighted by molar-refractivity contribution is 0.984. The van der Waals surface area contributed by atoms with Crippen LogP contribution in [-0.4, -0.2) is 14.5 Å². The largest absolute Gasteiger partial charge is 0.368 e. The summed E-state index contributed by atoms with van der Waals surface area (Å²) in [6.45, 7) is 2.15. The fourth-order valence-electron chi connectivity index (χ4n) is 2.26. The van der Waals surface area contributed by atoms with Crippen LogP contribution in [0.2, 0.25) is 0 Å². The summed E-state index contributed by atoms with van der Waals surface area (Å²) < 4.78 is 2.06. The van der Waals surface area contributed by atoms with E-state index < -0.39 is 0 Å². The number of anilines is 1. The molecule has 0 aliphatic rings. The molecule has 4 heteroatoms. The Morgan fingerprint density at radius 2 is 2.12 bits per heavy atom. The van der Waals surface area contributed by atoms with Crippen molar-refractivity contribution in [3.05, 3.63) is 30.0 Å². The number of aromatic nitrogens is 3. The molecule has 2 aromatic heterocycles. The van der Waals surface area contributed by atoms with Crippen molar-refractivity contribution < 1.29 is 0 Å². The molecule has 3 aromatic rings. The number of hydrogen-bond acceptors (Lipinski definition) is 3. The Bertz CT molecular complexity index is 712. The number of nitrogens with two attached hydrogens (primary N) is 1. The van der Waals surface area contributed by atoms with Gasteiger partial charge in [-0.25, -0.2) is 4.98 Å². The Morgan fingerprint density at radius 3 is 2.88 bits per heavy atom. The topological polar surface area (TPSA) is 56.7 Å². The normalized spacial score (nSPS) is 11.4. The molecule has 17 heavy (non-hydrogen) atoms. The van der Waals surface area contributed by atoms with Crippen LogP contribution in [0.5, 0.6) is 0 Å². The molecule has 86 valence electrons. The molecule has 0 bridgehead atoms. The molecule has 0 saturated carbocycles. The summed E-state index contributed by atoms with van der Waals surface area (Å²) >= 11 is 0. The second kappa shape index (κ2) is 3.45. The molecule has 0 amide bonds. The Morgan fingerprint density at radius 1 is 1.29 bits per heavy atom. The van der Waals surface area contributed by atoms with Crippen molar-refractivity contribution in [2.24, 2.45) is 7.05 Å². The predicted octanol–water partition coefficient (Wildman–Crippen LogP) is 2.27. The molecule has 0 atom stereocenters. The van der Waals surface area contributed by atoms with Gasteiger partial charge in [-0.05, 0) is 24.1 Å². The Balaban J connectivity index is 2.50. The number of rotatable bonds is 1. The summed E-state index contributed by atoms with van der Waals surface area (Å²) in [5.41, 5.74) is 9.01. The van der Waals surface area contributed by atoms with E-state index in [9.17, 15) is 0 Å². The standard InChI is InChI=1S/C13H14N4/c1-3-8-4-5-11-9(6-8)10-7-15-13(14)16-12(10)17(11)2/h4-7H,3H2,1-2H3,(H2,14,15,16). The van der Waals surface area contributed by atoms with Crippen molar-refractivity contribution in [1.82, 2.24) is 14.5 Å². The van der Waals surface area contributed by atoms with Crippen LogP contribution in [0.25, 0.3) is 21.9 Å². The van der Waals surface area contributed by atoms with Gasteiger partial charge in [0, 0.05) is 24.0 Å². The van der Waals surface area contributed by atoms with Crippen molar-refractivity contribution in [2.75, 3.05) is 5.73 Å². The summed E-state index contributed by atoms with van der Waals surface area (Å²) in [4.78, 5) is 8.38. The molecule has 0 fully saturated rings. The molecule has 0 spiro atoms. The fourth-order valence-corrected chi connectivity index (χ4v) is 2.26. The van der Waals surface area contributed by atoms with Crippen molar-refractivity contribution in [3.8, 4) is 0 Å². The van der Waals surface area contributed by atoms with E-state index in [1.54, 1.807) is 6.20 Å². The average Bonchev–Trinajstić information content (AvgIpc) is 2.62. The zero-order valence-corrected chi connectivity index (χ0v) is 9.94. The zero-order valence-electron chi connectivity index (χ0n) is 9.94. The van der Waals surface area contributed by atoms with Gasteiger partial charge >= 0.3 is 0 Å². The molecule has 1 aromatic carbocycles. The fraction of sp³-hybridized carbons (Fsp3) is 0.231. The summed E-state index contributed by atoms with van der Waals surface area (Å²) in [5.74, 6) is 0.319. The van der Waals surface area contributed by atoms with Crippen LogP contribution in [0.4, 0.5) is 5.95 Å². The molecular weight excluding hydrogens is 212 g/mol. The van der Waals surface area contributed by atoms with Crippen molar-refractivity contribution in [3.63, 3.8) is 0 Å². The van der Waals surface area contributed by atoms with E-state index >= 15 is 0 Å². The van der Waals surface area contributed by atoms with E-state index in [2.05, 4.69) is 39.7 Å². The molecule has 2 heterocycles. The molecule has 0 radical (unpaired) electrons. The first-order chi connectivity index (χ1) is 8.20. The molecule has 4 nitrogen and oxygen atoms in total. The third-order valence-electron chi connectivity index (χ3n) is 3.23. The SMILES string of the molecule is CCc1ccc2c(c1)c1cnc(N)nc1n2C. The highest BCUT2D eigenvalue weighted by atomic mass is 15.1. The highest BCUT2D eigenvalue weighted by Crippen LogP contribution is 2.27. The quantitative estimate of drug-likeness (QED) is 0.692. The molecule has 0 aliphatic carbocycles. The van der Waals surface area contributed by atoms with E-state index in [1.807, 2.05) is 7.05 Å². The summed E-state index contributed by atoms with van der Waals surface area (Å²) in [7, 11) is 2.00. The second-order valence-corrected chi connectivity index (χ2v) is 4.23. The van der Waals surface area contributed by atoms with Gasteiger partial charge in [-0.2, -0.15) is 4.98 Å². The third kappa shape index (κ3) is 1.37. The Kier molecular flexibility index (Phi) is 2.04. The first kappa shape index (κ1) is 10.1. The molecule has 0 aliphatic heterocycles. The van der Waals surface area contributed by atoms with Crippen LogP contribution in [0, 0.1) is 0 Å². The molecular formula is C13H14N4. The summed E-state index contributed by atoms with van der Waals surface area (Å²) in [6, 6.07) is 6.49. The highest BCUT2D eigenvalue weighted by molar-refractivity contribution is 6.06. The minimum absolute atomic E-state index is 0.319. The van der Waals surface area contributed by atoms with Gasteiger partial charge in [0.15, 0.2) is 0 Å². The maximum absolute atomic E-state index is 5.64. The predicted molar refractivity (Wildman–Crippen MR) is 69.8 cm³/mol. The lowest BCUT2D eigenvalue weighted by Crippen LogP contribution is -1.96. The lowest BCUT2D eigenvalue weighted by atomic mass is 10.1. The Hall–Kier alpha value is -2.10. The maximum Gasteiger partial charge on any atom is 0.221 e. The second-order valence-electron chi connectivity index (χ2n) is 4.23. The number of nitrogens with zero attached hydrogens (tertiary/aromatic N) is 3. The van der Waals surface area contributed by atoms with E-state index in [1.165, 1.54) is 10.9 Å². The van der Waals surface area contributed by atoms with Gasteiger partial charge in [0.2, 0.25) is 5.95 Å². The van der Waals surface area contributed by atoms with Crippen molar-refractivity contribution in [2.45, 2.75) is 13.3 Å². The lowest BCUT2D eigenvalue weighted by Gasteiger charge is -1.98. The van der Waals surface area contributed by atoms with Crippen LogP contribution in [0.1, 0.15) is 12.5 Å². The van der Waals surface area contributed by atoms with Crippen molar-refractivity contribution >= 4 is 27.9 Å². The van der Waals surface area contributed by atoms with E-state index in [4.69, 9.17) is 5.73 Å². The van der Waals surface area contributed by atoms with Gasteiger partial charge in [0.05, 0.1) is 5.52 Å². The third-order valence-corrected chi connectivity index (χ3v) is 3.23. The van der Waals surface area contributed by atoms with Crippen LogP contribution >= 0.6 is 0 Å². The minimum atomic E-state index is 0.319. The number of hydrogen-bond donors (Lipinski definition) is 1. The smallest absolute Gasteiger partial charge is 0.221 e. The van der Waals surface area contributed by atoms with Crippen LogP contribution in [0.15, 0.2) is 24.4 Å². The van der Waals surface area contributed by atoms with Gasteiger partial charge in [-0.15, -0.1) is 0 Å². The van der Waals surface area contributed by atoms with Crippen LogP contribution in [0.3, 0.4) is 0 Å². The van der Waals surface area contributed by atoms with Gasteiger partial charge in [0.1, 0.15) is 5.65 Å². The van der Waals surface area contributed by atoms with E-state index in [0.717, 1.165) is 23.0 Å². The van der Waals surface area contributed by atoms with Gasteiger partial charge in [-0.1, -0.05) is 13.0 Å². The summed E-state index contributed by atoms with van der Waals surface area (Å²) in [6.07, 6.45) is 2.83. The zero-order chi connectivity index (χ0) is 12.0.